The molecule has 3 aromatic rings. The number of aromatic nitrogens is 1. The summed E-state index contributed by atoms with van der Waals surface area (Å²) in [7, 11) is 0. The lowest BCUT2D eigenvalue weighted by atomic mass is 10.0. The van der Waals surface area contributed by atoms with Crippen molar-refractivity contribution in [2.45, 2.75) is 12.5 Å². The van der Waals surface area contributed by atoms with E-state index in [0.717, 1.165) is 26.9 Å². The molecule has 1 aliphatic rings. The SMILES string of the molecule is O=C1Nc2cc(Br)ccc2NC1Cc1c[nH]c2ccccc12. The number of nitrogens with one attached hydrogen (secondary N) is 3. The molecule has 0 radical (unpaired) electrons. The van der Waals surface area contributed by atoms with Crippen molar-refractivity contribution in [3.8, 4) is 0 Å². The molecule has 0 aliphatic carbocycles. The van der Waals surface area contributed by atoms with E-state index in [2.05, 4.69) is 37.6 Å². The van der Waals surface area contributed by atoms with Gasteiger partial charge < -0.3 is 15.6 Å². The number of fused-ring (bicyclic) bond motifs is 2. The number of carbonyl (C=O) groups excluding carboxylic acids is 1. The van der Waals surface area contributed by atoms with Gasteiger partial charge in [-0.05, 0) is 29.8 Å². The standard InChI is InChI=1S/C17H14BrN3O/c18-11-5-6-14-15(8-11)21-17(22)16(20-14)7-10-9-19-13-4-2-1-3-12(10)13/h1-6,8-9,16,19-20H,7H2,(H,21,22). The van der Waals surface area contributed by atoms with Gasteiger partial charge >= 0.3 is 0 Å². The van der Waals surface area contributed by atoms with E-state index >= 15 is 0 Å². The van der Waals surface area contributed by atoms with E-state index < -0.39 is 0 Å². The van der Waals surface area contributed by atoms with Gasteiger partial charge in [0.15, 0.2) is 0 Å². The first-order chi connectivity index (χ1) is 10.7. The number of H-pyrrole nitrogens is 1. The van der Waals surface area contributed by atoms with Crippen molar-refractivity contribution in [2.24, 2.45) is 0 Å². The third kappa shape index (κ3) is 2.27. The predicted molar refractivity (Wildman–Crippen MR) is 92.2 cm³/mol. The van der Waals surface area contributed by atoms with E-state index in [9.17, 15) is 4.79 Å². The van der Waals surface area contributed by atoms with Gasteiger partial charge in [-0.3, -0.25) is 4.79 Å². The van der Waals surface area contributed by atoms with Crippen LogP contribution in [0.3, 0.4) is 0 Å². The summed E-state index contributed by atoms with van der Waals surface area (Å²) in [6, 6.07) is 13.7. The van der Waals surface area contributed by atoms with Crippen molar-refractivity contribution in [3.63, 3.8) is 0 Å². The smallest absolute Gasteiger partial charge is 0.247 e. The number of hydrogen-bond acceptors (Lipinski definition) is 2. The molecule has 3 N–H and O–H groups in total. The maximum absolute atomic E-state index is 12.3. The molecule has 2 heterocycles. The van der Waals surface area contributed by atoms with Crippen LogP contribution in [0.25, 0.3) is 10.9 Å². The molecular weight excluding hydrogens is 342 g/mol. The Balaban J connectivity index is 1.64. The second-order valence-corrected chi connectivity index (χ2v) is 6.36. The van der Waals surface area contributed by atoms with Crippen LogP contribution in [0.1, 0.15) is 5.56 Å². The third-order valence-electron chi connectivity index (χ3n) is 3.98. The van der Waals surface area contributed by atoms with Gasteiger partial charge in [-0.25, -0.2) is 0 Å². The fraction of sp³-hybridized carbons (Fsp3) is 0.118. The Kier molecular flexibility index (Phi) is 3.15. The molecule has 4 rings (SSSR count). The Morgan fingerprint density at radius 1 is 1.09 bits per heavy atom. The van der Waals surface area contributed by atoms with Crippen molar-refractivity contribution in [3.05, 3.63) is 58.7 Å². The summed E-state index contributed by atoms with van der Waals surface area (Å²) in [5.41, 5.74) is 4.00. The number of rotatable bonds is 2. The predicted octanol–water partition coefficient (Wildman–Crippen LogP) is 3.91. The minimum atomic E-state index is -0.270. The van der Waals surface area contributed by atoms with Gasteiger partial charge in [0, 0.05) is 28.0 Å². The first-order valence-corrected chi connectivity index (χ1v) is 7.92. The number of aromatic amines is 1. The summed E-state index contributed by atoms with van der Waals surface area (Å²) in [5, 5.41) is 7.47. The highest BCUT2D eigenvalue weighted by Crippen LogP contribution is 2.31. The zero-order valence-corrected chi connectivity index (χ0v) is 13.3. The zero-order chi connectivity index (χ0) is 15.1. The highest BCUT2D eigenvalue weighted by molar-refractivity contribution is 9.10. The maximum atomic E-state index is 12.3. The molecule has 1 aromatic heterocycles. The van der Waals surface area contributed by atoms with Crippen LogP contribution >= 0.6 is 15.9 Å². The quantitative estimate of drug-likeness (QED) is 0.652. The van der Waals surface area contributed by atoms with Crippen molar-refractivity contribution < 1.29 is 4.79 Å². The number of halogens is 1. The van der Waals surface area contributed by atoms with Gasteiger partial charge in [0.25, 0.3) is 0 Å². The topological polar surface area (TPSA) is 56.9 Å². The highest BCUT2D eigenvalue weighted by atomic mass is 79.9. The molecule has 1 aliphatic heterocycles. The Labute approximate surface area is 136 Å². The van der Waals surface area contributed by atoms with Crippen LogP contribution in [-0.4, -0.2) is 16.9 Å². The first kappa shape index (κ1) is 13.4. The molecule has 0 fully saturated rings. The molecule has 0 bridgehead atoms. The minimum Gasteiger partial charge on any atom is -0.372 e. The largest absolute Gasteiger partial charge is 0.372 e. The van der Waals surface area contributed by atoms with Crippen molar-refractivity contribution in [1.29, 1.82) is 0 Å². The molecule has 5 heteroatoms. The van der Waals surface area contributed by atoms with Crippen LogP contribution in [0.5, 0.6) is 0 Å². The number of anilines is 2. The summed E-state index contributed by atoms with van der Waals surface area (Å²) >= 11 is 3.42. The molecule has 0 saturated carbocycles. The van der Waals surface area contributed by atoms with Crippen LogP contribution in [0, 0.1) is 0 Å². The summed E-state index contributed by atoms with van der Waals surface area (Å²) in [5.74, 6) is -0.00381. The van der Waals surface area contributed by atoms with Crippen LogP contribution in [0.4, 0.5) is 11.4 Å². The second-order valence-electron chi connectivity index (χ2n) is 5.44. The maximum Gasteiger partial charge on any atom is 0.247 e. The number of amides is 1. The lowest BCUT2D eigenvalue weighted by Crippen LogP contribution is -2.40. The van der Waals surface area contributed by atoms with Gasteiger partial charge in [-0.2, -0.15) is 0 Å². The summed E-state index contributed by atoms with van der Waals surface area (Å²) in [4.78, 5) is 15.6. The van der Waals surface area contributed by atoms with E-state index in [1.165, 1.54) is 5.39 Å². The van der Waals surface area contributed by atoms with Gasteiger partial charge in [0.05, 0.1) is 11.4 Å². The van der Waals surface area contributed by atoms with Crippen LogP contribution in [0.15, 0.2) is 53.1 Å². The molecule has 1 atom stereocenters. The lowest BCUT2D eigenvalue weighted by Gasteiger charge is -2.27. The molecule has 2 aromatic carbocycles. The molecule has 110 valence electrons. The minimum absolute atomic E-state index is 0.00381. The molecule has 1 unspecified atom stereocenters. The number of para-hydroxylation sites is 1. The fourth-order valence-electron chi connectivity index (χ4n) is 2.88. The molecular formula is C17H14BrN3O. The third-order valence-corrected chi connectivity index (χ3v) is 4.48. The number of hydrogen-bond donors (Lipinski definition) is 3. The monoisotopic (exact) mass is 355 g/mol. The summed E-state index contributed by atoms with van der Waals surface area (Å²) < 4.78 is 0.948. The van der Waals surface area contributed by atoms with E-state index in [1.807, 2.05) is 42.6 Å². The van der Waals surface area contributed by atoms with Crippen LogP contribution < -0.4 is 10.6 Å². The number of benzene rings is 2. The average Bonchev–Trinajstić information content (AvgIpc) is 2.92. The summed E-state index contributed by atoms with van der Waals surface area (Å²) in [6.45, 7) is 0. The van der Waals surface area contributed by atoms with Crippen molar-refractivity contribution in [2.75, 3.05) is 10.6 Å². The lowest BCUT2D eigenvalue weighted by molar-refractivity contribution is -0.117. The van der Waals surface area contributed by atoms with Gasteiger partial charge in [0.1, 0.15) is 6.04 Å². The molecule has 0 spiro atoms. The molecule has 4 nitrogen and oxygen atoms in total. The first-order valence-electron chi connectivity index (χ1n) is 7.12. The Morgan fingerprint density at radius 3 is 2.86 bits per heavy atom. The second kappa shape index (κ2) is 5.18. The number of carbonyl (C=O) groups is 1. The van der Waals surface area contributed by atoms with Gasteiger partial charge in [0.2, 0.25) is 5.91 Å². The van der Waals surface area contributed by atoms with E-state index in [4.69, 9.17) is 0 Å². The van der Waals surface area contributed by atoms with Crippen molar-refractivity contribution in [1.82, 2.24) is 4.98 Å². The Bertz CT molecular complexity index is 871. The molecule has 0 saturated heterocycles. The summed E-state index contributed by atoms with van der Waals surface area (Å²) in [6.07, 6.45) is 2.63. The molecule has 22 heavy (non-hydrogen) atoms. The highest BCUT2D eigenvalue weighted by Gasteiger charge is 2.26. The van der Waals surface area contributed by atoms with E-state index in [-0.39, 0.29) is 11.9 Å². The Hall–Kier alpha value is -2.27. The fourth-order valence-corrected chi connectivity index (χ4v) is 3.24. The van der Waals surface area contributed by atoms with Crippen LogP contribution in [0.2, 0.25) is 0 Å². The zero-order valence-electron chi connectivity index (χ0n) is 11.7. The average molecular weight is 356 g/mol. The van der Waals surface area contributed by atoms with E-state index in [1.54, 1.807) is 0 Å². The van der Waals surface area contributed by atoms with Crippen molar-refractivity contribution >= 4 is 44.1 Å². The van der Waals surface area contributed by atoms with Gasteiger partial charge in [-0.15, -0.1) is 0 Å². The van der Waals surface area contributed by atoms with E-state index in [0.29, 0.717) is 6.42 Å². The van der Waals surface area contributed by atoms with Crippen LogP contribution in [-0.2, 0) is 11.2 Å². The van der Waals surface area contributed by atoms with Gasteiger partial charge in [-0.1, -0.05) is 34.1 Å². The Morgan fingerprint density at radius 2 is 1.95 bits per heavy atom. The molecule has 1 amide bonds. The normalized spacial score (nSPS) is 17.0.